The first-order valence-corrected chi connectivity index (χ1v) is 9.89. The molecule has 1 amide bonds. The molecule has 4 aromatic rings. The number of thiophene rings is 1. The summed E-state index contributed by atoms with van der Waals surface area (Å²) in [6.45, 7) is 0.540. The van der Waals surface area contributed by atoms with Crippen LogP contribution in [0.2, 0.25) is 0 Å². The van der Waals surface area contributed by atoms with Crippen LogP contribution in [0.25, 0.3) is 20.7 Å². The molecule has 2 heterocycles. The molecule has 0 radical (unpaired) electrons. The first-order valence-electron chi connectivity index (χ1n) is 8.19. The van der Waals surface area contributed by atoms with E-state index in [1.165, 1.54) is 21.4 Å². The molecule has 26 heavy (non-hydrogen) atoms. The second kappa shape index (κ2) is 7.27. The van der Waals surface area contributed by atoms with E-state index in [2.05, 4.69) is 27.8 Å². The third-order valence-electron chi connectivity index (χ3n) is 4.08. The van der Waals surface area contributed by atoms with Crippen LogP contribution in [0.1, 0.15) is 15.2 Å². The lowest BCUT2D eigenvalue weighted by molar-refractivity contribution is 0.0958. The molecule has 6 heteroatoms. The highest BCUT2D eigenvalue weighted by molar-refractivity contribution is 7.19. The number of hydrogen-bond donors (Lipinski definition) is 2. The van der Waals surface area contributed by atoms with Crippen LogP contribution in [0.3, 0.4) is 0 Å². The maximum atomic E-state index is 12.4. The van der Waals surface area contributed by atoms with Gasteiger partial charge < -0.3 is 10.4 Å². The van der Waals surface area contributed by atoms with Gasteiger partial charge in [0.15, 0.2) is 0 Å². The zero-order valence-corrected chi connectivity index (χ0v) is 15.4. The van der Waals surface area contributed by atoms with Crippen LogP contribution in [-0.2, 0) is 6.42 Å². The maximum absolute atomic E-state index is 12.4. The van der Waals surface area contributed by atoms with Crippen molar-refractivity contribution in [1.29, 1.82) is 0 Å². The van der Waals surface area contributed by atoms with Crippen molar-refractivity contribution in [2.24, 2.45) is 0 Å². The number of thiazole rings is 1. The van der Waals surface area contributed by atoms with Crippen molar-refractivity contribution in [3.05, 3.63) is 70.5 Å². The fraction of sp³-hybridized carbons (Fsp3) is 0.100. The zero-order valence-electron chi connectivity index (χ0n) is 13.8. The van der Waals surface area contributed by atoms with E-state index in [0.29, 0.717) is 17.8 Å². The largest absolute Gasteiger partial charge is 0.508 e. The van der Waals surface area contributed by atoms with Crippen molar-refractivity contribution in [2.45, 2.75) is 6.42 Å². The van der Waals surface area contributed by atoms with Crippen LogP contribution in [0.4, 0.5) is 0 Å². The predicted molar refractivity (Wildman–Crippen MR) is 107 cm³/mol. The van der Waals surface area contributed by atoms with Gasteiger partial charge in [0.25, 0.3) is 5.91 Å². The Morgan fingerprint density at radius 3 is 2.77 bits per heavy atom. The van der Waals surface area contributed by atoms with E-state index in [-0.39, 0.29) is 11.7 Å². The Balaban J connectivity index is 1.42. The summed E-state index contributed by atoms with van der Waals surface area (Å²) in [6.07, 6.45) is 2.36. The first kappa shape index (κ1) is 16.8. The smallest absolute Gasteiger partial charge is 0.263 e. The number of carbonyl (C=O) groups excluding carboxylic acids is 1. The highest BCUT2D eigenvalue weighted by atomic mass is 32.1. The molecule has 0 aliphatic rings. The van der Waals surface area contributed by atoms with Gasteiger partial charge in [-0.2, -0.15) is 0 Å². The molecule has 0 bridgehead atoms. The molecule has 0 aliphatic carbocycles. The molecule has 2 N–H and O–H groups in total. The van der Waals surface area contributed by atoms with Crippen molar-refractivity contribution < 1.29 is 9.90 Å². The Kier molecular flexibility index (Phi) is 4.69. The summed E-state index contributed by atoms with van der Waals surface area (Å²) in [5, 5.41) is 16.4. The molecule has 0 unspecified atom stereocenters. The fourth-order valence-corrected chi connectivity index (χ4v) is 4.60. The second-order valence-electron chi connectivity index (χ2n) is 5.85. The average molecular weight is 380 g/mol. The Bertz CT molecular complexity index is 1050. The van der Waals surface area contributed by atoms with Crippen LogP contribution >= 0.6 is 22.7 Å². The summed E-state index contributed by atoms with van der Waals surface area (Å²) in [5.41, 5.74) is 2.15. The van der Waals surface area contributed by atoms with E-state index in [0.717, 1.165) is 16.1 Å². The predicted octanol–water partition coefficient (Wildman–Crippen LogP) is 4.70. The lowest BCUT2D eigenvalue weighted by Crippen LogP contribution is -2.24. The molecule has 0 atom stereocenters. The number of aromatic nitrogens is 1. The van der Waals surface area contributed by atoms with Crippen LogP contribution in [0.15, 0.2) is 60.1 Å². The van der Waals surface area contributed by atoms with Crippen molar-refractivity contribution >= 4 is 38.7 Å². The number of fused-ring (bicyclic) bond motifs is 1. The minimum atomic E-state index is -0.105. The van der Waals surface area contributed by atoms with Crippen molar-refractivity contribution in [2.75, 3.05) is 6.54 Å². The number of nitrogens with zero attached hydrogens (tertiary/aromatic N) is 1. The van der Waals surface area contributed by atoms with Gasteiger partial charge in [0.1, 0.15) is 15.6 Å². The number of phenols is 1. The van der Waals surface area contributed by atoms with Gasteiger partial charge in [0, 0.05) is 27.6 Å². The van der Waals surface area contributed by atoms with Gasteiger partial charge in [0.05, 0.1) is 6.20 Å². The summed E-state index contributed by atoms with van der Waals surface area (Å²) in [6, 6.07) is 15.2. The molecule has 0 saturated heterocycles. The van der Waals surface area contributed by atoms with E-state index in [4.69, 9.17) is 0 Å². The number of carbonyl (C=O) groups is 1. The maximum Gasteiger partial charge on any atom is 0.263 e. The van der Waals surface area contributed by atoms with Crippen molar-refractivity contribution in [1.82, 2.24) is 10.3 Å². The van der Waals surface area contributed by atoms with Crippen LogP contribution < -0.4 is 5.32 Å². The third-order valence-corrected chi connectivity index (χ3v) is 6.07. The Morgan fingerprint density at radius 2 is 1.92 bits per heavy atom. The number of rotatable bonds is 5. The van der Waals surface area contributed by atoms with Crippen LogP contribution in [0, 0.1) is 0 Å². The van der Waals surface area contributed by atoms with Gasteiger partial charge in [-0.1, -0.05) is 30.3 Å². The molecular weight excluding hydrogens is 364 g/mol. The molecule has 0 spiro atoms. The number of phenolic OH excluding ortho intramolecular Hbond substituents is 1. The summed E-state index contributed by atoms with van der Waals surface area (Å²) in [7, 11) is 0. The summed E-state index contributed by atoms with van der Waals surface area (Å²) in [5.74, 6) is 0.142. The summed E-state index contributed by atoms with van der Waals surface area (Å²) in [4.78, 5) is 17.4. The van der Waals surface area contributed by atoms with Gasteiger partial charge in [-0.3, -0.25) is 4.79 Å². The van der Waals surface area contributed by atoms with E-state index >= 15 is 0 Å². The van der Waals surface area contributed by atoms with Crippen molar-refractivity contribution in [3.63, 3.8) is 0 Å². The van der Waals surface area contributed by atoms with Gasteiger partial charge >= 0.3 is 0 Å². The average Bonchev–Trinajstić information content (AvgIpc) is 3.30. The fourth-order valence-electron chi connectivity index (χ4n) is 2.72. The molecule has 2 aromatic carbocycles. The normalized spacial score (nSPS) is 10.9. The molecule has 2 aromatic heterocycles. The quantitative estimate of drug-likeness (QED) is 0.527. The van der Waals surface area contributed by atoms with E-state index in [1.807, 2.05) is 24.3 Å². The van der Waals surface area contributed by atoms with Crippen LogP contribution in [-0.4, -0.2) is 22.5 Å². The van der Waals surface area contributed by atoms with E-state index < -0.39 is 0 Å². The van der Waals surface area contributed by atoms with E-state index in [1.54, 1.807) is 29.7 Å². The lowest BCUT2D eigenvalue weighted by atomic mass is 10.1. The summed E-state index contributed by atoms with van der Waals surface area (Å²) < 4.78 is 1.22. The Labute approximate surface area is 158 Å². The highest BCUT2D eigenvalue weighted by Crippen LogP contribution is 2.35. The summed E-state index contributed by atoms with van der Waals surface area (Å²) >= 11 is 3.10. The SMILES string of the molecule is O=C(NCCc1ccc(O)cc1)c1cnc(-c2csc3ccccc23)s1. The van der Waals surface area contributed by atoms with Gasteiger partial charge in [-0.15, -0.1) is 22.7 Å². The molecule has 0 fully saturated rings. The number of hydrogen-bond acceptors (Lipinski definition) is 5. The minimum absolute atomic E-state index is 0.105. The number of benzene rings is 2. The van der Waals surface area contributed by atoms with E-state index in [9.17, 15) is 9.90 Å². The zero-order chi connectivity index (χ0) is 17.9. The number of nitrogens with one attached hydrogen (secondary N) is 1. The second-order valence-corrected chi connectivity index (χ2v) is 7.79. The highest BCUT2D eigenvalue weighted by Gasteiger charge is 2.14. The lowest BCUT2D eigenvalue weighted by Gasteiger charge is -2.03. The van der Waals surface area contributed by atoms with Gasteiger partial charge in [-0.25, -0.2) is 4.98 Å². The number of amides is 1. The molecule has 4 rings (SSSR count). The van der Waals surface area contributed by atoms with Crippen molar-refractivity contribution in [3.8, 4) is 16.3 Å². The monoisotopic (exact) mass is 380 g/mol. The standard InChI is InChI=1S/C20H16N2O2S2/c23-14-7-5-13(6-8-14)9-10-21-19(24)18-11-22-20(26-18)16-12-25-17-4-2-1-3-15(16)17/h1-8,11-12,23H,9-10H2,(H,21,24). The molecule has 130 valence electrons. The molecular formula is C20H16N2O2S2. The van der Waals surface area contributed by atoms with Crippen LogP contribution in [0.5, 0.6) is 5.75 Å². The van der Waals surface area contributed by atoms with Gasteiger partial charge in [0.2, 0.25) is 0 Å². The molecule has 4 nitrogen and oxygen atoms in total. The minimum Gasteiger partial charge on any atom is -0.508 e. The molecule has 0 saturated carbocycles. The third kappa shape index (κ3) is 3.47. The van der Waals surface area contributed by atoms with Gasteiger partial charge in [-0.05, 0) is 30.2 Å². The first-order chi connectivity index (χ1) is 12.7. The molecule has 0 aliphatic heterocycles. The Morgan fingerprint density at radius 1 is 1.12 bits per heavy atom. The number of aromatic hydroxyl groups is 1. The Hall–Kier alpha value is -2.70. The topological polar surface area (TPSA) is 62.2 Å².